The number of hydrogen-bond donors (Lipinski definition) is 0. The monoisotopic (exact) mass is 502 g/mol. The molecular formula is C32H54O4. The third-order valence-electron chi connectivity index (χ3n) is 12.2. The first-order valence-electron chi connectivity index (χ1n) is 15.7. The van der Waals surface area contributed by atoms with E-state index in [4.69, 9.17) is 14.2 Å². The predicted octanol–water partition coefficient (Wildman–Crippen LogP) is 8.56. The van der Waals surface area contributed by atoms with Crippen molar-refractivity contribution in [2.75, 3.05) is 6.61 Å². The summed E-state index contributed by atoms with van der Waals surface area (Å²) >= 11 is 0. The van der Waals surface area contributed by atoms with E-state index in [1.165, 1.54) is 51.4 Å². The number of carbonyl (C=O) groups is 1. The Hall–Kier alpha value is -0.770. The molecule has 1 spiro atoms. The van der Waals surface area contributed by atoms with E-state index in [1.54, 1.807) is 0 Å². The molecule has 1 unspecified atom stereocenters. The summed E-state index contributed by atoms with van der Waals surface area (Å²) in [6.07, 6.45) is 15.8. The molecule has 10 atom stereocenters. The largest absolute Gasteiger partial charge is 0.508 e. The second-order valence-electron chi connectivity index (χ2n) is 14.5. The maximum absolute atomic E-state index is 12.2. The highest BCUT2D eigenvalue weighted by molar-refractivity contribution is 5.60. The van der Waals surface area contributed by atoms with Gasteiger partial charge in [-0.15, -0.1) is 0 Å². The molecule has 5 rings (SSSR count). The minimum absolute atomic E-state index is 0.0508. The fourth-order valence-corrected chi connectivity index (χ4v) is 10.2. The molecule has 4 heteroatoms. The summed E-state index contributed by atoms with van der Waals surface area (Å²) in [6.45, 7) is 15.1. The number of unbranched alkanes of at least 4 members (excludes halogenated alkanes) is 1. The number of ether oxygens (including phenoxy) is 3. The zero-order valence-corrected chi connectivity index (χ0v) is 24.2. The minimum Gasteiger partial charge on any atom is -0.434 e. The van der Waals surface area contributed by atoms with E-state index < -0.39 is 6.16 Å². The van der Waals surface area contributed by atoms with Gasteiger partial charge in [0, 0.05) is 11.8 Å². The molecule has 4 nitrogen and oxygen atoms in total. The average Bonchev–Trinajstić information content (AvgIpc) is 3.40. The molecule has 206 valence electrons. The number of hydrogen-bond acceptors (Lipinski definition) is 4. The molecule has 4 aliphatic carbocycles. The predicted molar refractivity (Wildman–Crippen MR) is 144 cm³/mol. The molecule has 1 aliphatic heterocycles. The van der Waals surface area contributed by atoms with Gasteiger partial charge >= 0.3 is 6.16 Å². The van der Waals surface area contributed by atoms with Crippen molar-refractivity contribution >= 4 is 6.16 Å². The van der Waals surface area contributed by atoms with E-state index in [9.17, 15) is 4.79 Å². The smallest absolute Gasteiger partial charge is 0.434 e. The summed E-state index contributed by atoms with van der Waals surface area (Å²) in [5.41, 5.74) is 0.692. The van der Waals surface area contributed by atoms with E-state index in [0.717, 1.165) is 67.6 Å². The van der Waals surface area contributed by atoms with Crippen LogP contribution in [0.1, 0.15) is 125 Å². The van der Waals surface area contributed by atoms with Crippen LogP contribution < -0.4 is 0 Å². The molecule has 0 N–H and O–H groups in total. The van der Waals surface area contributed by atoms with Gasteiger partial charge in [-0.2, -0.15) is 0 Å². The first-order chi connectivity index (χ1) is 17.1. The van der Waals surface area contributed by atoms with E-state index >= 15 is 0 Å². The van der Waals surface area contributed by atoms with Crippen LogP contribution in [0.15, 0.2) is 0 Å². The lowest BCUT2D eigenvalue weighted by Gasteiger charge is -2.59. The second kappa shape index (κ2) is 10.1. The van der Waals surface area contributed by atoms with Crippen LogP contribution in [-0.2, 0) is 14.2 Å². The zero-order valence-electron chi connectivity index (χ0n) is 24.2. The number of carbonyl (C=O) groups excluding carboxylic acids is 1. The topological polar surface area (TPSA) is 48.1 Å². The molecule has 4 saturated carbocycles. The van der Waals surface area contributed by atoms with Crippen LogP contribution in [0.5, 0.6) is 0 Å². The lowest BCUT2D eigenvalue weighted by Crippen LogP contribution is -2.59. The molecular weight excluding hydrogens is 448 g/mol. The lowest BCUT2D eigenvalue weighted by atomic mass is 9.44. The van der Waals surface area contributed by atoms with Gasteiger partial charge in [-0.25, -0.2) is 4.79 Å². The van der Waals surface area contributed by atoms with E-state index in [2.05, 4.69) is 41.5 Å². The molecule has 0 radical (unpaired) electrons. The average molecular weight is 503 g/mol. The maximum atomic E-state index is 12.2. The Kier molecular flexibility index (Phi) is 7.51. The highest BCUT2D eigenvalue weighted by atomic mass is 16.7. The Balaban J connectivity index is 1.23. The summed E-state index contributed by atoms with van der Waals surface area (Å²) in [7, 11) is 0. The summed E-state index contributed by atoms with van der Waals surface area (Å²) in [6, 6.07) is 0. The minimum atomic E-state index is -0.479. The first-order valence-corrected chi connectivity index (χ1v) is 15.7. The van der Waals surface area contributed by atoms with Crippen molar-refractivity contribution in [2.45, 2.75) is 143 Å². The Morgan fingerprint density at radius 1 is 1.00 bits per heavy atom. The molecule has 1 saturated heterocycles. The Bertz CT molecular complexity index is 795. The van der Waals surface area contributed by atoms with Crippen LogP contribution in [-0.4, -0.2) is 30.6 Å². The van der Waals surface area contributed by atoms with Crippen LogP contribution in [0.3, 0.4) is 0 Å². The summed E-state index contributed by atoms with van der Waals surface area (Å²) in [5.74, 6) is 5.04. The Morgan fingerprint density at radius 3 is 2.56 bits per heavy atom. The van der Waals surface area contributed by atoms with Crippen molar-refractivity contribution in [3.05, 3.63) is 0 Å². The van der Waals surface area contributed by atoms with Gasteiger partial charge in [0.2, 0.25) is 0 Å². The Morgan fingerprint density at radius 2 is 1.81 bits per heavy atom. The van der Waals surface area contributed by atoms with E-state index in [-0.39, 0.29) is 17.1 Å². The Labute approximate surface area is 221 Å². The number of fused-ring (bicyclic) bond motifs is 4. The van der Waals surface area contributed by atoms with Gasteiger partial charge in [0.1, 0.15) is 11.7 Å². The van der Waals surface area contributed by atoms with Crippen LogP contribution in [0.25, 0.3) is 0 Å². The highest BCUT2D eigenvalue weighted by Crippen LogP contribution is 2.74. The highest BCUT2D eigenvalue weighted by Gasteiger charge is 2.76. The molecule has 1 heterocycles. The lowest BCUT2D eigenvalue weighted by molar-refractivity contribution is -0.120. The SMILES string of the molecule is CCCCOC(=O)O[C@H]1CC[C@]2(C)[C@H]3CC[C@]4(C)[C@@H]([C@H](C)CCCC(C)C)CC[C@H]4[C@@H]3C[C@@H]3OC32C1. The molecule has 5 aliphatic rings. The molecule has 36 heavy (non-hydrogen) atoms. The molecule has 0 aromatic rings. The molecule has 0 amide bonds. The number of epoxide rings is 1. The van der Waals surface area contributed by atoms with Gasteiger partial charge in [0.05, 0.1) is 12.7 Å². The van der Waals surface area contributed by atoms with Gasteiger partial charge in [-0.3, -0.25) is 0 Å². The van der Waals surface area contributed by atoms with E-state index in [0.29, 0.717) is 18.1 Å². The summed E-state index contributed by atoms with van der Waals surface area (Å²) < 4.78 is 17.8. The van der Waals surface area contributed by atoms with Crippen LogP contribution in [0.4, 0.5) is 4.79 Å². The van der Waals surface area contributed by atoms with Gasteiger partial charge in [0.15, 0.2) is 0 Å². The van der Waals surface area contributed by atoms with Gasteiger partial charge in [0.25, 0.3) is 0 Å². The molecule has 0 aromatic carbocycles. The third kappa shape index (κ3) is 4.43. The van der Waals surface area contributed by atoms with Crippen LogP contribution in [0, 0.1) is 46.3 Å². The van der Waals surface area contributed by atoms with Crippen molar-refractivity contribution in [3.8, 4) is 0 Å². The first kappa shape index (κ1) is 26.8. The van der Waals surface area contributed by atoms with Crippen LogP contribution in [0.2, 0.25) is 0 Å². The second-order valence-corrected chi connectivity index (χ2v) is 14.5. The third-order valence-corrected chi connectivity index (χ3v) is 12.2. The fraction of sp³-hybridized carbons (Fsp3) is 0.969. The van der Waals surface area contributed by atoms with Crippen LogP contribution >= 0.6 is 0 Å². The quantitative estimate of drug-likeness (QED) is 0.180. The van der Waals surface area contributed by atoms with Crippen molar-refractivity contribution in [3.63, 3.8) is 0 Å². The van der Waals surface area contributed by atoms with Gasteiger partial charge < -0.3 is 14.2 Å². The molecule has 0 bridgehead atoms. The van der Waals surface area contributed by atoms with Gasteiger partial charge in [-0.1, -0.05) is 67.2 Å². The van der Waals surface area contributed by atoms with Crippen molar-refractivity contribution < 1.29 is 19.0 Å². The fourth-order valence-electron chi connectivity index (χ4n) is 10.2. The summed E-state index contributed by atoms with van der Waals surface area (Å²) in [4.78, 5) is 12.2. The van der Waals surface area contributed by atoms with Gasteiger partial charge in [-0.05, 0) is 92.3 Å². The normalized spacial score (nSPS) is 45.8. The van der Waals surface area contributed by atoms with Crippen molar-refractivity contribution in [2.24, 2.45) is 46.3 Å². The molecule has 5 fully saturated rings. The standard InChI is InChI=1S/C32H54O4/c1-7-8-18-34-29(33)35-23-14-17-31(6)27-15-16-30(5)25(22(4)11-9-10-21(2)3)12-13-26(30)24(27)19-28-32(31,20-23)36-28/h21-28H,7-20H2,1-6H3/t22-,23+,24+,25-,26+,27+,28+,30-,31-,32?/m1/s1. The zero-order chi connectivity index (χ0) is 25.7. The number of rotatable bonds is 9. The summed E-state index contributed by atoms with van der Waals surface area (Å²) in [5, 5.41) is 0. The van der Waals surface area contributed by atoms with Crippen molar-refractivity contribution in [1.82, 2.24) is 0 Å². The van der Waals surface area contributed by atoms with Crippen molar-refractivity contribution in [1.29, 1.82) is 0 Å². The molecule has 0 aromatic heterocycles. The van der Waals surface area contributed by atoms with E-state index in [1.807, 2.05) is 0 Å². The maximum Gasteiger partial charge on any atom is 0.508 e.